The molecule has 0 atom stereocenters. The molecule has 4 rings (SSSR count). The first-order chi connectivity index (χ1) is 11.2. The van der Waals surface area contributed by atoms with E-state index in [9.17, 15) is 4.79 Å². The van der Waals surface area contributed by atoms with E-state index in [1.807, 2.05) is 55.5 Å². The Morgan fingerprint density at radius 2 is 1.78 bits per heavy atom. The van der Waals surface area contributed by atoms with E-state index >= 15 is 0 Å². The minimum atomic E-state index is -0.0169. The zero-order valence-corrected chi connectivity index (χ0v) is 13.3. The van der Waals surface area contributed by atoms with Gasteiger partial charge in [-0.15, -0.1) is 0 Å². The molecule has 0 saturated carbocycles. The number of aromatic amines is 1. The Kier molecular flexibility index (Phi) is 3.38. The summed E-state index contributed by atoms with van der Waals surface area (Å²) in [5.74, 6) is 1.18. The van der Waals surface area contributed by atoms with Crippen LogP contribution in [-0.4, -0.2) is 19.5 Å². The van der Waals surface area contributed by atoms with Crippen LogP contribution in [0, 0.1) is 6.92 Å². The Balaban J connectivity index is 1.68. The molecule has 0 saturated heterocycles. The van der Waals surface area contributed by atoms with Crippen molar-refractivity contribution in [2.75, 3.05) is 0 Å². The Hall–Kier alpha value is -2.60. The number of hydrogen-bond donors (Lipinski definition) is 1. The Bertz CT molecular complexity index is 1030. The summed E-state index contributed by atoms with van der Waals surface area (Å²) in [7, 11) is 0. The maximum atomic E-state index is 12.6. The minimum Gasteiger partial charge on any atom is -0.333 e. The van der Waals surface area contributed by atoms with Gasteiger partial charge >= 0.3 is 0 Å². The fourth-order valence-electron chi connectivity index (χ4n) is 2.55. The van der Waals surface area contributed by atoms with Gasteiger partial charge < -0.3 is 4.98 Å². The summed E-state index contributed by atoms with van der Waals surface area (Å²) < 4.78 is 1.68. The van der Waals surface area contributed by atoms with Crippen molar-refractivity contribution < 1.29 is 0 Å². The summed E-state index contributed by atoms with van der Waals surface area (Å²) >= 11 is 1.49. The van der Waals surface area contributed by atoms with Gasteiger partial charge in [-0.25, -0.2) is 9.97 Å². The Labute approximate surface area is 136 Å². The summed E-state index contributed by atoms with van der Waals surface area (Å²) in [6, 6.07) is 15.3. The van der Waals surface area contributed by atoms with Crippen LogP contribution in [0.4, 0.5) is 0 Å². The van der Waals surface area contributed by atoms with Gasteiger partial charge in [-0.05, 0) is 31.2 Å². The second kappa shape index (κ2) is 5.55. The predicted molar refractivity (Wildman–Crippen MR) is 92.7 cm³/mol. The molecule has 5 nitrogen and oxygen atoms in total. The van der Waals surface area contributed by atoms with Gasteiger partial charge in [0.05, 0.1) is 27.8 Å². The number of imidazole rings is 1. The molecule has 2 aromatic heterocycles. The number of H-pyrrole nitrogens is 1. The van der Waals surface area contributed by atoms with Crippen molar-refractivity contribution in [1.29, 1.82) is 0 Å². The molecule has 0 aliphatic rings. The standard InChI is InChI=1S/C17H14N4OS/c1-11-18-13-7-3-2-6-12(13)16(22)21(11)10-23-17-19-14-8-4-5-9-15(14)20-17/h2-9H,10H2,1H3,(H,19,20). The highest BCUT2D eigenvalue weighted by Crippen LogP contribution is 2.20. The molecule has 0 aliphatic heterocycles. The summed E-state index contributed by atoms with van der Waals surface area (Å²) in [6.45, 7) is 1.85. The first-order valence-electron chi connectivity index (χ1n) is 7.26. The molecule has 1 N–H and O–H groups in total. The molecule has 2 heterocycles. The number of aryl methyl sites for hydroxylation is 1. The highest BCUT2D eigenvalue weighted by molar-refractivity contribution is 7.98. The topological polar surface area (TPSA) is 63.6 Å². The van der Waals surface area contributed by atoms with Crippen molar-refractivity contribution >= 4 is 33.7 Å². The molecule has 6 heteroatoms. The third kappa shape index (κ3) is 2.51. The van der Waals surface area contributed by atoms with E-state index in [1.165, 1.54) is 11.8 Å². The highest BCUT2D eigenvalue weighted by atomic mass is 32.2. The number of benzene rings is 2. The largest absolute Gasteiger partial charge is 0.333 e. The first kappa shape index (κ1) is 14.0. The molecule has 0 aliphatic carbocycles. The van der Waals surface area contributed by atoms with Crippen molar-refractivity contribution in [2.45, 2.75) is 18.0 Å². The fourth-order valence-corrected chi connectivity index (χ4v) is 3.45. The van der Waals surface area contributed by atoms with Crippen LogP contribution in [0.2, 0.25) is 0 Å². The van der Waals surface area contributed by atoms with Gasteiger partial charge in [0.1, 0.15) is 5.82 Å². The fraction of sp³-hybridized carbons (Fsp3) is 0.118. The van der Waals surface area contributed by atoms with E-state index in [4.69, 9.17) is 0 Å². The second-order valence-electron chi connectivity index (χ2n) is 5.24. The lowest BCUT2D eigenvalue weighted by molar-refractivity contribution is 0.774. The van der Waals surface area contributed by atoms with Crippen molar-refractivity contribution in [1.82, 2.24) is 19.5 Å². The van der Waals surface area contributed by atoms with Gasteiger partial charge in [0.2, 0.25) is 0 Å². The van der Waals surface area contributed by atoms with Crippen LogP contribution in [-0.2, 0) is 5.88 Å². The number of thioether (sulfide) groups is 1. The lowest BCUT2D eigenvalue weighted by atomic mass is 10.2. The van der Waals surface area contributed by atoms with E-state index in [2.05, 4.69) is 15.0 Å². The van der Waals surface area contributed by atoms with E-state index in [-0.39, 0.29) is 5.56 Å². The molecule has 0 amide bonds. The highest BCUT2D eigenvalue weighted by Gasteiger charge is 2.09. The predicted octanol–water partition coefficient (Wildman–Crippen LogP) is 3.33. The van der Waals surface area contributed by atoms with E-state index in [0.29, 0.717) is 17.1 Å². The molecule has 0 spiro atoms. The van der Waals surface area contributed by atoms with Gasteiger partial charge in [-0.3, -0.25) is 9.36 Å². The molecule has 0 fully saturated rings. The van der Waals surface area contributed by atoms with Crippen molar-refractivity contribution in [2.24, 2.45) is 0 Å². The molecule has 0 radical (unpaired) electrons. The third-order valence-electron chi connectivity index (χ3n) is 3.75. The first-order valence-corrected chi connectivity index (χ1v) is 8.25. The number of nitrogens with zero attached hydrogens (tertiary/aromatic N) is 3. The van der Waals surface area contributed by atoms with Crippen LogP contribution in [0.3, 0.4) is 0 Å². The zero-order valence-electron chi connectivity index (χ0n) is 12.5. The monoisotopic (exact) mass is 322 g/mol. The molecule has 114 valence electrons. The summed E-state index contributed by atoms with van der Waals surface area (Å²) in [5, 5.41) is 1.44. The molecular formula is C17H14N4OS. The maximum Gasteiger partial charge on any atom is 0.262 e. The lowest BCUT2D eigenvalue weighted by Crippen LogP contribution is -2.22. The van der Waals surface area contributed by atoms with Crippen LogP contribution in [0.15, 0.2) is 58.5 Å². The van der Waals surface area contributed by atoms with Crippen LogP contribution in [0.25, 0.3) is 21.9 Å². The molecule has 2 aromatic carbocycles. The molecular weight excluding hydrogens is 308 g/mol. The van der Waals surface area contributed by atoms with Gasteiger partial charge in [-0.1, -0.05) is 36.0 Å². The Morgan fingerprint density at radius 3 is 2.61 bits per heavy atom. The number of para-hydroxylation sites is 3. The number of nitrogens with one attached hydrogen (secondary N) is 1. The van der Waals surface area contributed by atoms with Gasteiger partial charge in [0, 0.05) is 0 Å². The second-order valence-corrected chi connectivity index (χ2v) is 6.18. The van der Waals surface area contributed by atoms with E-state index < -0.39 is 0 Å². The molecule has 0 unspecified atom stereocenters. The number of rotatable bonds is 3. The molecule has 23 heavy (non-hydrogen) atoms. The van der Waals surface area contributed by atoms with Crippen molar-refractivity contribution in [3.63, 3.8) is 0 Å². The quantitative estimate of drug-likeness (QED) is 0.588. The number of hydrogen-bond acceptors (Lipinski definition) is 4. The summed E-state index contributed by atoms with van der Waals surface area (Å²) in [4.78, 5) is 24.9. The van der Waals surface area contributed by atoms with Crippen LogP contribution in [0.5, 0.6) is 0 Å². The average Bonchev–Trinajstić information content (AvgIpc) is 2.97. The smallest absolute Gasteiger partial charge is 0.262 e. The summed E-state index contributed by atoms with van der Waals surface area (Å²) in [6.07, 6.45) is 0. The van der Waals surface area contributed by atoms with E-state index in [1.54, 1.807) is 4.57 Å². The molecule has 4 aromatic rings. The average molecular weight is 322 g/mol. The summed E-state index contributed by atoms with van der Waals surface area (Å²) in [5.41, 5.74) is 2.64. The lowest BCUT2D eigenvalue weighted by Gasteiger charge is -2.09. The zero-order chi connectivity index (χ0) is 15.8. The number of fused-ring (bicyclic) bond motifs is 2. The van der Waals surface area contributed by atoms with Crippen LogP contribution < -0.4 is 5.56 Å². The van der Waals surface area contributed by atoms with Crippen molar-refractivity contribution in [3.05, 3.63) is 64.7 Å². The Morgan fingerprint density at radius 1 is 1.04 bits per heavy atom. The minimum absolute atomic E-state index is 0.0169. The van der Waals surface area contributed by atoms with Gasteiger partial charge in [-0.2, -0.15) is 0 Å². The van der Waals surface area contributed by atoms with E-state index in [0.717, 1.165) is 21.7 Å². The van der Waals surface area contributed by atoms with Crippen LogP contribution in [0.1, 0.15) is 5.82 Å². The third-order valence-corrected chi connectivity index (χ3v) is 4.60. The van der Waals surface area contributed by atoms with Crippen LogP contribution >= 0.6 is 11.8 Å². The van der Waals surface area contributed by atoms with Gasteiger partial charge in [0.25, 0.3) is 5.56 Å². The number of aromatic nitrogens is 4. The van der Waals surface area contributed by atoms with Crippen molar-refractivity contribution in [3.8, 4) is 0 Å². The SMILES string of the molecule is Cc1nc2ccccc2c(=O)n1CSc1nc2ccccc2[nH]1. The molecule has 0 bridgehead atoms. The van der Waals surface area contributed by atoms with Gasteiger partial charge in [0.15, 0.2) is 5.16 Å². The normalized spacial score (nSPS) is 11.3. The maximum absolute atomic E-state index is 12.6.